The summed E-state index contributed by atoms with van der Waals surface area (Å²) >= 11 is 0. The normalized spacial score (nSPS) is 25.3. The number of aliphatic hydroxyl groups is 1. The number of aliphatic hydroxyl groups excluding tert-OH is 1. The smallest absolute Gasteiger partial charge is 0.122 e. The lowest BCUT2D eigenvalue weighted by Crippen LogP contribution is -2.39. The average molecular weight is 215 g/mol. The molecule has 0 saturated carbocycles. The summed E-state index contributed by atoms with van der Waals surface area (Å²) in [7, 11) is 0. The fourth-order valence-corrected chi connectivity index (χ4v) is 1.65. The van der Waals surface area contributed by atoms with Crippen LogP contribution in [0.3, 0.4) is 0 Å². The van der Waals surface area contributed by atoms with Crippen LogP contribution in [0.1, 0.15) is 20.3 Å². The standard InChI is InChI=1S/C11H18FNO2/c1-3-15-10-5-8(4-9(12)6-10)11(13)7(2)14/h4,6-8,11,14H,3,5,13H2,1-2H3/t7-,8?,11+/m0/s1. The van der Waals surface area contributed by atoms with Crippen LogP contribution in [0.2, 0.25) is 0 Å². The van der Waals surface area contributed by atoms with E-state index in [0.717, 1.165) is 0 Å². The number of hydrogen-bond donors (Lipinski definition) is 2. The van der Waals surface area contributed by atoms with Gasteiger partial charge >= 0.3 is 0 Å². The highest BCUT2D eigenvalue weighted by Gasteiger charge is 2.25. The number of ether oxygens (including phenoxy) is 1. The van der Waals surface area contributed by atoms with E-state index in [1.165, 1.54) is 12.2 Å². The second-order valence-corrected chi connectivity index (χ2v) is 3.78. The lowest BCUT2D eigenvalue weighted by molar-refractivity contribution is 0.133. The van der Waals surface area contributed by atoms with Crippen LogP contribution >= 0.6 is 0 Å². The zero-order valence-electron chi connectivity index (χ0n) is 9.11. The molecule has 1 unspecified atom stereocenters. The van der Waals surface area contributed by atoms with Gasteiger partial charge in [0.05, 0.1) is 18.5 Å². The van der Waals surface area contributed by atoms with Gasteiger partial charge in [-0.1, -0.05) is 0 Å². The Kier molecular flexibility index (Phi) is 4.29. The molecule has 4 heteroatoms. The Bertz CT molecular complexity index is 274. The van der Waals surface area contributed by atoms with Crippen molar-refractivity contribution in [3.8, 4) is 0 Å². The molecule has 0 radical (unpaired) electrons. The van der Waals surface area contributed by atoms with Crippen LogP contribution in [0.4, 0.5) is 4.39 Å². The molecule has 0 saturated heterocycles. The number of nitrogens with two attached hydrogens (primary N) is 1. The molecule has 0 heterocycles. The molecule has 0 aliphatic heterocycles. The van der Waals surface area contributed by atoms with Crippen LogP contribution in [0, 0.1) is 5.92 Å². The number of rotatable bonds is 4. The van der Waals surface area contributed by atoms with Crippen molar-refractivity contribution in [1.29, 1.82) is 0 Å². The second kappa shape index (κ2) is 5.28. The van der Waals surface area contributed by atoms with Crippen LogP contribution in [0.25, 0.3) is 0 Å². The molecule has 0 fully saturated rings. The van der Waals surface area contributed by atoms with E-state index in [2.05, 4.69) is 0 Å². The number of hydrogen-bond acceptors (Lipinski definition) is 3. The second-order valence-electron chi connectivity index (χ2n) is 3.78. The van der Waals surface area contributed by atoms with Crippen molar-refractivity contribution in [2.45, 2.75) is 32.4 Å². The predicted octanol–water partition coefficient (Wildman–Crippen LogP) is 1.49. The van der Waals surface area contributed by atoms with Gasteiger partial charge in [-0.25, -0.2) is 4.39 Å². The van der Waals surface area contributed by atoms with Gasteiger partial charge < -0.3 is 15.6 Å². The molecule has 0 aromatic heterocycles. The summed E-state index contributed by atoms with van der Waals surface area (Å²) in [5, 5.41) is 9.34. The molecular formula is C11H18FNO2. The van der Waals surface area contributed by atoms with Gasteiger partial charge in [-0.15, -0.1) is 0 Å². The van der Waals surface area contributed by atoms with Crippen LogP contribution in [0.5, 0.6) is 0 Å². The maximum atomic E-state index is 13.2. The van der Waals surface area contributed by atoms with Crippen molar-refractivity contribution < 1.29 is 14.2 Å². The van der Waals surface area contributed by atoms with E-state index in [9.17, 15) is 9.50 Å². The molecule has 0 amide bonds. The lowest BCUT2D eigenvalue weighted by atomic mass is 9.89. The Hall–Kier alpha value is -0.870. The largest absolute Gasteiger partial charge is 0.498 e. The first-order chi connectivity index (χ1) is 7.04. The van der Waals surface area contributed by atoms with Crippen LogP contribution < -0.4 is 5.73 Å². The minimum atomic E-state index is -0.653. The van der Waals surface area contributed by atoms with Gasteiger partial charge in [-0.05, 0) is 19.9 Å². The van der Waals surface area contributed by atoms with Gasteiger partial charge in [-0.2, -0.15) is 0 Å². The Morgan fingerprint density at radius 1 is 1.73 bits per heavy atom. The molecule has 3 nitrogen and oxygen atoms in total. The summed E-state index contributed by atoms with van der Waals surface area (Å²) in [6.07, 6.45) is 2.71. The first kappa shape index (κ1) is 12.2. The van der Waals surface area contributed by atoms with E-state index >= 15 is 0 Å². The summed E-state index contributed by atoms with van der Waals surface area (Å²) in [5.74, 6) is 0.0564. The van der Waals surface area contributed by atoms with Crippen LogP contribution in [-0.2, 0) is 4.74 Å². The molecule has 0 spiro atoms. The summed E-state index contributed by atoms with van der Waals surface area (Å²) < 4.78 is 18.5. The minimum Gasteiger partial charge on any atom is -0.498 e. The zero-order chi connectivity index (χ0) is 11.4. The molecule has 3 N–H and O–H groups in total. The topological polar surface area (TPSA) is 55.5 Å². The maximum absolute atomic E-state index is 13.2. The van der Waals surface area contributed by atoms with Gasteiger partial charge in [0.1, 0.15) is 5.83 Å². The Balaban J connectivity index is 2.69. The molecule has 1 rings (SSSR count). The highest BCUT2D eigenvalue weighted by Crippen LogP contribution is 2.27. The van der Waals surface area contributed by atoms with E-state index < -0.39 is 12.1 Å². The third-order valence-electron chi connectivity index (χ3n) is 2.49. The fourth-order valence-electron chi connectivity index (χ4n) is 1.65. The molecule has 0 aromatic carbocycles. The Morgan fingerprint density at radius 3 is 2.93 bits per heavy atom. The van der Waals surface area contributed by atoms with Crippen molar-refractivity contribution in [2.24, 2.45) is 11.7 Å². The fraction of sp³-hybridized carbons (Fsp3) is 0.636. The monoisotopic (exact) mass is 215 g/mol. The first-order valence-electron chi connectivity index (χ1n) is 5.19. The maximum Gasteiger partial charge on any atom is 0.122 e. The highest BCUT2D eigenvalue weighted by atomic mass is 19.1. The van der Waals surface area contributed by atoms with Crippen molar-refractivity contribution in [1.82, 2.24) is 0 Å². The zero-order valence-corrected chi connectivity index (χ0v) is 9.11. The highest BCUT2D eigenvalue weighted by molar-refractivity contribution is 5.22. The van der Waals surface area contributed by atoms with Crippen molar-refractivity contribution >= 4 is 0 Å². The molecule has 1 aliphatic rings. The summed E-state index contributed by atoms with van der Waals surface area (Å²) in [5.41, 5.74) is 5.77. The predicted molar refractivity (Wildman–Crippen MR) is 56.7 cm³/mol. The third kappa shape index (κ3) is 3.32. The van der Waals surface area contributed by atoms with Crippen LogP contribution in [-0.4, -0.2) is 23.9 Å². The van der Waals surface area contributed by atoms with E-state index in [1.54, 1.807) is 6.92 Å². The third-order valence-corrected chi connectivity index (χ3v) is 2.49. The van der Waals surface area contributed by atoms with E-state index in [1.807, 2.05) is 6.92 Å². The van der Waals surface area contributed by atoms with Crippen molar-refractivity contribution in [3.05, 3.63) is 23.7 Å². The lowest BCUT2D eigenvalue weighted by Gasteiger charge is -2.26. The van der Waals surface area contributed by atoms with E-state index in [4.69, 9.17) is 10.5 Å². The number of halogens is 1. The summed E-state index contributed by atoms with van der Waals surface area (Å²) in [4.78, 5) is 0. The quantitative estimate of drug-likeness (QED) is 0.747. The molecule has 0 bridgehead atoms. The van der Waals surface area contributed by atoms with Gasteiger partial charge in [0.15, 0.2) is 0 Å². The van der Waals surface area contributed by atoms with Gasteiger partial charge in [0.25, 0.3) is 0 Å². The summed E-state index contributed by atoms with van der Waals surface area (Å²) in [6, 6.07) is -0.458. The van der Waals surface area contributed by atoms with Crippen molar-refractivity contribution in [2.75, 3.05) is 6.61 Å². The van der Waals surface area contributed by atoms with Crippen molar-refractivity contribution in [3.63, 3.8) is 0 Å². The Morgan fingerprint density at radius 2 is 2.40 bits per heavy atom. The molecule has 0 aromatic rings. The minimum absolute atomic E-state index is 0.198. The summed E-state index contributed by atoms with van der Waals surface area (Å²) in [6.45, 7) is 3.96. The van der Waals surface area contributed by atoms with Gasteiger partial charge in [0.2, 0.25) is 0 Å². The number of allylic oxidation sites excluding steroid dienone is 3. The molecule has 3 atom stereocenters. The van der Waals surface area contributed by atoms with Gasteiger partial charge in [0, 0.05) is 24.5 Å². The van der Waals surface area contributed by atoms with Crippen LogP contribution in [0.15, 0.2) is 23.7 Å². The molecular weight excluding hydrogens is 197 g/mol. The molecule has 15 heavy (non-hydrogen) atoms. The van der Waals surface area contributed by atoms with Gasteiger partial charge in [-0.3, -0.25) is 0 Å². The molecule has 86 valence electrons. The van der Waals surface area contributed by atoms with E-state index in [-0.39, 0.29) is 11.7 Å². The molecule has 1 aliphatic carbocycles. The Labute approximate surface area is 89.4 Å². The first-order valence-corrected chi connectivity index (χ1v) is 5.19. The van der Waals surface area contributed by atoms with E-state index in [0.29, 0.717) is 18.8 Å². The SMILES string of the molecule is CCOC1=CC(F)=CC([C@H](N)[C@H](C)O)C1. The average Bonchev–Trinajstić information content (AvgIpc) is 2.16.